The summed E-state index contributed by atoms with van der Waals surface area (Å²) in [5.74, 6) is 1.21. The third-order valence-corrected chi connectivity index (χ3v) is 4.19. The van der Waals surface area contributed by atoms with Gasteiger partial charge in [0, 0.05) is 16.6 Å². The van der Waals surface area contributed by atoms with Crippen LogP contribution in [-0.2, 0) is 6.54 Å². The van der Waals surface area contributed by atoms with E-state index in [1.54, 1.807) is 11.8 Å². The number of guanidine groups is 1. The second-order valence-electron chi connectivity index (χ2n) is 7.23. The van der Waals surface area contributed by atoms with Crippen LogP contribution < -0.4 is 15.8 Å². The van der Waals surface area contributed by atoms with Gasteiger partial charge in [0.2, 0.25) is 0 Å². The van der Waals surface area contributed by atoms with E-state index in [2.05, 4.69) is 42.1 Å². The topological polar surface area (TPSA) is 72.5 Å². The number of benzene rings is 1. The summed E-state index contributed by atoms with van der Waals surface area (Å²) in [6, 6.07) is 11.7. The van der Waals surface area contributed by atoms with Crippen LogP contribution >= 0.6 is 35.7 Å². The number of nitrogens with one attached hydrogen (secondary N) is 1. The zero-order chi connectivity index (χ0) is 19.2. The van der Waals surface area contributed by atoms with Gasteiger partial charge in [-0.2, -0.15) is 0 Å². The number of hydrogen-bond donors (Lipinski definition) is 2. The summed E-state index contributed by atoms with van der Waals surface area (Å²) in [4.78, 5) is 8.82. The Bertz CT molecular complexity index is 742. The quantitative estimate of drug-likeness (QED) is 0.244. The van der Waals surface area contributed by atoms with E-state index < -0.39 is 0 Å². The number of thioether (sulfide) groups is 1. The fourth-order valence-corrected chi connectivity index (χ4v) is 3.12. The number of halogens is 1. The van der Waals surface area contributed by atoms with Gasteiger partial charge in [-0.05, 0) is 55.8 Å². The molecular formula is C20H29IN4OS. The number of rotatable bonds is 6. The molecular weight excluding hydrogens is 471 g/mol. The summed E-state index contributed by atoms with van der Waals surface area (Å²) in [5.41, 5.74) is 7.96. The van der Waals surface area contributed by atoms with Crippen molar-refractivity contribution >= 4 is 47.4 Å². The normalized spacial score (nSPS) is 11.9. The standard InChI is InChI=1S/C20H28N4OS.HI/c1-14(2)25-17-8-6-16(7-9-17)24-19(21)23-13-15-10-11-22-18(12-15)26-20(3,4)5;/h6-12,14H,13H2,1-5H3,(H3,21,23,24);1H. The first kappa shape index (κ1) is 23.6. The third-order valence-electron chi connectivity index (χ3n) is 3.14. The second-order valence-corrected chi connectivity index (χ2v) is 9.08. The molecule has 1 heterocycles. The maximum Gasteiger partial charge on any atom is 0.193 e. The van der Waals surface area contributed by atoms with Crippen LogP contribution in [0.5, 0.6) is 5.75 Å². The highest BCUT2D eigenvalue weighted by molar-refractivity contribution is 14.0. The lowest BCUT2D eigenvalue weighted by Crippen LogP contribution is -2.22. The molecule has 0 aliphatic carbocycles. The van der Waals surface area contributed by atoms with Crippen LogP contribution in [0.15, 0.2) is 52.6 Å². The molecule has 0 bridgehead atoms. The molecule has 5 nitrogen and oxygen atoms in total. The molecule has 1 aromatic carbocycles. The largest absolute Gasteiger partial charge is 0.491 e. The number of nitrogens with zero attached hydrogens (tertiary/aromatic N) is 2. The first-order valence-corrected chi connectivity index (χ1v) is 9.50. The van der Waals surface area contributed by atoms with Gasteiger partial charge in [0.15, 0.2) is 5.96 Å². The average Bonchev–Trinajstić information content (AvgIpc) is 2.53. The molecule has 0 radical (unpaired) electrons. The minimum absolute atomic E-state index is 0. The highest BCUT2D eigenvalue weighted by Gasteiger charge is 2.13. The Labute approximate surface area is 183 Å². The van der Waals surface area contributed by atoms with Gasteiger partial charge in [0.05, 0.1) is 17.7 Å². The molecule has 0 saturated carbocycles. The average molecular weight is 500 g/mol. The maximum absolute atomic E-state index is 6.00. The zero-order valence-electron chi connectivity index (χ0n) is 16.5. The molecule has 0 saturated heterocycles. The molecule has 148 valence electrons. The van der Waals surface area contributed by atoms with Gasteiger partial charge in [-0.15, -0.1) is 35.7 Å². The highest BCUT2D eigenvalue weighted by Crippen LogP contribution is 2.30. The van der Waals surface area contributed by atoms with E-state index in [1.807, 2.05) is 50.4 Å². The van der Waals surface area contributed by atoms with Gasteiger partial charge in [-0.25, -0.2) is 9.98 Å². The number of ether oxygens (including phenoxy) is 1. The van der Waals surface area contributed by atoms with Crippen LogP contribution in [0.1, 0.15) is 40.2 Å². The summed E-state index contributed by atoms with van der Waals surface area (Å²) < 4.78 is 5.75. The van der Waals surface area contributed by atoms with Gasteiger partial charge < -0.3 is 15.8 Å². The van der Waals surface area contributed by atoms with E-state index in [9.17, 15) is 0 Å². The Morgan fingerprint density at radius 3 is 2.48 bits per heavy atom. The predicted molar refractivity (Wildman–Crippen MR) is 126 cm³/mol. The van der Waals surface area contributed by atoms with Crippen molar-refractivity contribution in [2.45, 2.75) is 57.0 Å². The van der Waals surface area contributed by atoms with Crippen LogP contribution in [0.3, 0.4) is 0 Å². The summed E-state index contributed by atoms with van der Waals surface area (Å²) >= 11 is 1.74. The second kappa shape index (κ2) is 10.8. The zero-order valence-corrected chi connectivity index (χ0v) is 19.7. The minimum Gasteiger partial charge on any atom is -0.491 e. The van der Waals surface area contributed by atoms with Crippen LogP contribution in [-0.4, -0.2) is 21.8 Å². The molecule has 3 N–H and O–H groups in total. The minimum atomic E-state index is 0. The van der Waals surface area contributed by atoms with Gasteiger partial charge >= 0.3 is 0 Å². The summed E-state index contributed by atoms with van der Waals surface area (Å²) in [5, 5.41) is 4.09. The molecule has 2 rings (SSSR count). The Morgan fingerprint density at radius 2 is 1.89 bits per heavy atom. The number of nitrogens with two attached hydrogens (primary N) is 1. The summed E-state index contributed by atoms with van der Waals surface area (Å²) in [6.07, 6.45) is 1.97. The van der Waals surface area contributed by atoms with Crippen molar-refractivity contribution in [3.63, 3.8) is 0 Å². The maximum atomic E-state index is 6.00. The lowest BCUT2D eigenvalue weighted by molar-refractivity contribution is 0.242. The molecule has 7 heteroatoms. The number of anilines is 1. The van der Waals surface area contributed by atoms with Crippen molar-refractivity contribution in [1.82, 2.24) is 4.98 Å². The summed E-state index contributed by atoms with van der Waals surface area (Å²) in [6.45, 7) is 11.0. The van der Waals surface area contributed by atoms with Crippen molar-refractivity contribution in [2.24, 2.45) is 10.7 Å². The Balaban J connectivity index is 0.00000364. The smallest absolute Gasteiger partial charge is 0.193 e. The van der Waals surface area contributed by atoms with Crippen molar-refractivity contribution < 1.29 is 4.74 Å². The Hall–Kier alpha value is -1.48. The van der Waals surface area contributed by atoms with Crippen LogP contribution in [0, 0.1) is 0 Å². The van der Waals surface area contributed by atoms with Crippen LogP contribution in [0.2, 0.25) is 0 Å². The van der Waals surface area contributed by atoms with Gasteiger partial charge in [0.1, 0.15) is 5.75 Å². The van der Waals surface area contributed by atoms with E-state index in [0.29, 0.717) is 12.5 Å². The van der Waals surface area contributed by atoms with Gasteiger partial charge in [0.25, 0.3) is 0 Å². The molecule has 0 unspecified atom stereocenters. The molecule has 0 spiro atoms. The van der Waals surface area contributed by atoms with Crippen molar-refractivity contribution in [2.75, 3.05) is 5.32 Å². The van der Waals surface area contributed by atoms with E-state index in [0.717, 1.165) is 22.0 Å². The van der Waals surface area contributed by atoms with E-state index >= 15 is 0 Å². The first-order valence-electron chi connectivity index (χ1n) is 8.69. The summed E-state index contributed by atoms with van der Waals surface area (Å²) in [7, 11) is 0. The van der Waals surface area contributed by atoms with Gasteiger partial charge in [-0.1, -0.05) is 20.8 Å². The van der Waals surface area contributed by atoms with Crippen LogP contribution in [0.25, 0.3) is 0 Å². The van der Waals surface area contributed by atoms with E-state index in [1.165, 1.54) is 0 Å². The molecule has 1 aromatic heterocycles. The molecule has 0 amide bonds. The number of aliphatic imine (C=N–C) groups is 1. The van der Waals surface area contributed by atoms with Crippen LogP contribution in [0.4, 0.5) is 5.69 Å². The fraction of sp³-hybridized carbons (Fsp3) is 0.400. The lowest BCUT2D eigenvalue weighted by atomic mass is 10.3. The monoisotopic (exact) mass is 500 g/mol. The SMILES string of the molecule is CC(C)Oc1ccc(NC(N)=NCc2ccnc(SC(C)(C)C)c2)cc1.I. The molecule has 0 aliphatic rings. The molecule has 2 aromatic rings. The lowest BCUT2D eigenvalue weighted by Gasteiger charge is -2.16. The fourth-order valence-electron chi connectivity index (χ4n) is 2.17. The van der Waals surface area contributed by atoms with Crippen molar-refractivity contribution in [1.29, 1.82) is 0 Å². The molecule has 0 fully saturated rings. The van der Waals surface area contributed by atoms with Crippen molar-refractivity contribution in [3.8, 4) is 5.75 Å². The Morgan fingerprint density at radius 1 is 1.22 bits per heavy atom. The predicted octanol–water partition coefficient (Wildman–Crippen LogP) is 5.30. The van der Waals surface area contributed by atoms with E-state index in [-0.39, 0.29) is 34.8 Å². The molecule has 0 aliphatic heterocycles. The number of pyridine rings is 1. The first-order chi connectivity index (χ1) is 12.2. The highest BCUT2D eigenvalue weighted by atomic mass is 127. The third kappa shape index (κ3) is 9.32. The van der Waals surface area contributed by atoms with Crippen molar-refractivity contribution in [3.05, 3.63) is 48.2 Å². The number of hydrogen-bond acceptors (Lipinski definition) is 4. The molecule has 0 atom stereocenters. The Kier molecular flexibility index (Phi) is 9.38. The molecule has 27 heavy (non-hydrogen) atoms. The van der Waals surface area contributed by atoms with Gasteiger partial charge in [-0.3, -0.25) is 0 Å². The van der Waals surface area contributed by atoms with E-state index in [4.69, 9.17) is 10.5 Å². The number of aromatic nitrogens is 1.